The van der Waals surface area contributed by atoms with E-state index in [1.165, 1.54) is 24.3 Å². The van der Waals surface area contributed by atoms with Crippen molar-refractivity contribution in [2.24, 2.45) is 0 Å². The molecule has 1 aliphatic rings. The smallest absolute Gasteiger partial charge is 0.168 e. The fourth-order valence-corrected chi connectivity index (χ4v) is 3.50. The Kier molecular flexibility index (Phi) is 4.06. The molecule has 0 unspecified atom stereocenters. The summed E-state index contributed by atoms with van der Waals surface area (Å²) in [7, 11) is -2.68. The van der Waals surface area contributed by atoms with E-state index in [4.69, 9.17) is 4.74 Å². The maximum atomic E-state index is 13.2. The molecular formula is C17H14BrFO3S. The number of thiol groups is 1. The Morgan fingerprint density at radius 3 is 2.35 bits per heavy atom. The lowest BCUT2D eigenvalue weighted by Gasteiger charge is -2.34. The van der Waals surface area contributed by atoms with Gasteiger partial charge in [0.05, 0.1) is 4.90 Å². The molecule has 0 saturated heterocycles. The number of ether oxygens (including phenoxy) is 1. The highest BCUT2D eigenvalue weighted by Gasteiger charge is 2.34. The number of halogens is 2. The summed E-state index contributed by atoms with van der Waals surface area (Å²) in [5, 5.41) is 0. The zero-order valence-corrected chi connectivity index (χ0v) is 14.9. The molecule has 2 aromatic rings. The Labute approximate surface area is 143 Å². The topological polar surface area (TPSA) is 43.4 Å². The highest BCUT2D eigenvalue weighted by atomic mass is 79.9. The SMILES string of the molecule is CC1(C)Oc2cc([SH](=O)=O)ccc2C(c2ccc(F)cc2)=C1Br. The van der Waals surface area contributed by atoms with Gasteiger partial charge in [-0.25, -0.2) is 12.8 Å². The van der Waals surface area contributed by atoms with Gasteiger partial charge in [0.15, 0.2) is 10.7 Å². The van der Waals surface area contributed by atoms with Crippen molar-refractivity contribution in [1.29, 1.82) is 0 Å². The lowest BCUT2D eigenvalue weighted by Crippen LogP contribution is -2.32. The second-order valence-corrected chi connectivity index (χ2v) is 7.57. The van der Waals surface area contributed by atoms with Crippen LogP contribution in [-0.2, 0) is 10.7 Å². The molecule has 0 amide bonds. The van der Waals surface area contributed by atoms with E-state index in [-0.39, 0.29) is 10.7 Å². The summed E-state index contributed by atoms with van der Waals surface area (Å²) in [6, 6.07) is 11.0. The lowest BCUT2D eigenvalue weighted by atomic mass is 9.90. The van der Waals surface area contributed by atoms with E-state index < -0.39 is 16.3 Å². The molecule has 1 aliphatic heterocycles. The van der Waals surface area contributed by atoms with Crippen LogP contribution >= 0.6 is 15.9 Å². The third kappa shape index (κ3) is 2.93. The number of rotatable bonds is 2. The van der Waals surface area contributed by atoms with Crippen LogP contribution in [-0.4, -0.2) is 14.0 Å². The van der Waals surface area contributed by atoms with Crippen LogP contribution in [0.2, 0.25) is 0 Å². The van der Waals surface area contributed by atoms with Crippen LogP contribution in [0.15, 0.2) is 51.8 Å². The molecule has 23 heavy (non-hydrogen) atoms. The zero-order valence-electron chi connectivity index (χ0n) is 12.5. The van der Waals surface area contributed by atoms with Crippen LogP contribution in [0.3, 0.4) is 0 Å². The van der Waals surface area contributed by atoms with Gasteiger partial charge < -0.3 is 4.74 Å². The first-order valence-electron chi connectivity index (χ1n) is 6.93. The summed E-state index contributed by atoms with van der Waals surface area (Å²) < 4.78 is 42.4. The summed E-state index contributed by atoms with van der Waals surface area (Å²) in [4.78, 5) is 0.200. The highest BCUT2D eigenvalue weighted by molar-refractivity contribution is 9.12. The molecule has 6 heteroatoms. The van der Waals surface area contributed by atoms with Crippen LogP contribution < -0.4 is 4.74 Å². The quantitative estimate of drug-likeness (QED) is 0.776. The average Bonchev–Trinajstić information content (AvgIpc) is 2.49. The van der Waals surface area contributed by atoms with E-state index in [2.05, 4.69) is 15.9 Å². The van der Waals surface area contributed by atoms with Gasteiger partial charge in [-0.05, 0) is 49.7 Å². The van der Waals surface area contributed by atoms with E-state index in [1.807, 2.05) is 13.8 Å². The summed E-state index contributed by atoms with van der Waals surface area (Å²) in [5.74, 6) is 0.185. The zero-order chi connectivity index (χ0) is 16.8. The van der Waals surface area contributed by atoms with E-state index in [1.54, 1.807) is 18.2 Å². The molecule has 0 radical (unpaired) electrons. The summed E-state index contributed by atoms with van der Waals surface area (Å²) >= 11 is 3.59. The van der Waals surface area contributed by atoms with Gasteiger partial charge in [-0.1, -0.05) is 28.1 Å². The molecule has 3 nitrogen and oxygen atoms in total. The normalized spacial score (nSPS) is 16.2. The molecular weight excluding hydrogens is 383 g/mol. The monoisotopic (exact) mass is 396 g/mol. The van der Waals surface area contributed by atoms with Gasteiger partial charge in [-0.3, -0.25) is 0 Å². The Hall–Kier alpha value is -1.66. The summed E-state index contributed by atoms with van der Waals surface area (Å²) in [6.07, 6.45) is 0. The van der Waals surface area contributed by atoms with Crippen molar-refractivity contribution in [2.45, 2.75) is 24.3 Å². The second-order valence-electron chi connectivity index (χ2n) is 5.75. The van der Waals surface area contributed by atoms with Crippen molar-refractivity contribution in [3.8, 4) is 5.75 Å². The van der Waals surface area contributed by atoms with Crippen LogP contribution in [0.1, 0.15) is 25.0 Å². The minimum atomic E-state index is -2.68. The highest BCUT2D eigenvalue weighted by Crippen LogP contribution is 2.46. The molecule has 120 valence electrons. The first kappa shape index (κ1) is 16.2. The molecule has 0 bridgehead atoms. The number of fused-ring (bicyclic) bond motifs is 1. The Balaban J connectivity index is 2.26. The second kappa shape index (κ2) is 5.76. The van der Waals surface area contributed by atoms with E-state index in [0.29, 0.717) is 5.75 Å². The van der Waals surface area contributed by atoms with E-state index >= 15 is 0 Å². The Morgan fingerprint density at radius 2 is 1.74 bits per heavy atom. The van der Waals surface area contributed by atoms with Crippen LogP contribution in [0.4, 0.5) is 4.39 Å². The predicted octanol–water partition coefficient (Wildman–Crippen LogP) is 4.12. The first-order chi connectivity index (χ1) is 10.8. The predicted molar refractivity (Wildman–Crippen MR) is 91.1 cm³/mol. The van der Waals surface area contributed by atoms with Crippen LogP contribution in [0.5, 0.6) is 5.75 Å². The lowest BCUT2D eigenvalue weighted by molar-refractivity contribution is 0.154. The molecule has 0 aliphatic carbocycles. The number of benzene rings is 2. The van der Waals surface area contributed by atoms with Crippen molar-refractivity contribution in [2.75, 3.05) is 0 Å². The van der Waals surface area contributed by atoms with Crippen molar-refractivity contribution >= 4 is 32.2 Å². The molecule has 2 aromatic carbocycles. The number of hydrogen-bond donors (Lipinski definition) is 1. The average molecular weight is 397 g/mol. The molecule has 1 heterocycles. The Bertz CT molecular complexity index is 875. The molecule has 0 N–H and O–H groups in total. The van der Waals surface area contributed by atoms with Gasteiger partial charge in [-0.15, -0.1) is 0 Å². The maximum Gasteiger partial charge on any atom is 0.168 e. The van der Waals surface area contributed by atoms with Crippen molar-refractivity contribution in [3.05, 3.63) is 63.9 Å². The molecule has 0 atom stereocenters. The standard InChI is InChI=1S/C17H14BrFO3S/c1-17(2)16(18)15(10-3-5-11(19)6-4-10)13-8-7-12(23(20)21)9-14(13)22-17/h3-9,23H,1-2H3. The van der Waals surface area contributed by atoms with Crippen LogP contribution in [0.25, 0.3) is 5.57 Å². The molecule has 0 spiro atoms. The molecule has 0 aromatic heterocycles. The van der Waals surface area contributed by atoms with Gasteiger partial charge in [0.2, 0.25) is 0 Å². The van der Waals surface area contributed by atoms with E-state index in [0.717, 1.165) is 21.2 Å². The largest absolute Gasteiger partial charge is 0.482 e. The Morgan fingerprint density at radius 1 is 1.09 bits per heavy atom. The maximum absolute atomic E-state index is 13.2. The molecule has 0 saturated carbocycles. The fourth-order valence-electron chi connectivity index (χ4n) is 2.55. The van der Waals surface area contributed by atoms with Gasteiger partial charge in [0.1, 0.15) is 17.2 Å². The summed E-state index contributed by atoms with van der Waals surface area (Å²) in [5.41, 5.74) is 1.80. The molecule has 0 fully saturated rings. The van der Waals surface area contributed by atoms with Gasteiger partial charge >= 0.3 is 0 Å². The van der Waals surface area contributed by atoms with Crippen molar-refractivity contribution in [3.63, 3.8) is 0 Å². The first-order valence-corrected chi connectivity index (χ1v) is 8.90. The van der Waals surface area contributed by atoms with Gasteiger partial charge in [-0.2, -0.15) is 0 Å². The minimum absolute atomic E-state index is 0.200. The third-order valence-electron chi connectivity index (χ3n) is 3.69. The number of hydrogen-bond acceptors (Lipinski definition) is 3. The fraction of sp³-hybridized carbons (Fsp3) is 0.176. The van der Waals surface area contributed by atoms with Crippen molar-refractivity contribution in [1.82, 2.24) is 0 Å². The summed E-state index contributed by atoms with van der Waals surface area (Å²) in [6.45, 7) is 3.76. The van der Waals surface area contributed by atoms with Crippen LogP contribution in [0, 0.1) is 5.82 Å². The van der Waals surface area contributed by atoms with Crippen molar-refractivity contribution < 1.29 is 17.5 Å². The van der Waals surface area contributed by atoms with Gasteiger partial charge in [0.25, 0.3) is 0 Å². The minimum Gasteiger partial charge on any atom is -0.482 e. The van der Waals surface area contributed by atoms with E-state index in [9.17, 15) is 12.8 Å². The third-order valence-corrected chi connectivity index (χ3v) is 5.74. The molecule has 3 rings (SSSR count). The van der Waals surface area contributed by atoms with Gasteiger partial charge in [0, 0.05) is 15.6 Å².